The van der Waals surface area contributed by atoms with Crippen LogP contribution in [-0.2, 0) is 11.2 Å². The van der Waals surface area contributed by atoms with Crippen LogP contribution in [0.15, 0.2) is 23.3 Å². The van der Waals surface area contributed by atoms with Crippen LogP contribution in [-0.4, -0.2) is 16.7 Å². The average molecular weight is 257 g/mol. The Morgan fingerprint density at radius 3 is 2.84 bits per heavy atom. The van der Waals surface area contributed by atoms with Crippen molar-refractivity contribution in [3.63, 3.8) is 0 Å². The standard InChI is InChI=1S/C15H15NO3/c1-4-9-12-10(19-16-9)8-14(2)7-5-6-11(17)15(14,3)13(12)18/h4-6H,1,7-8H2,2-3H3. The third-order valence-electron chi connectivity index (χ3n) is 4.75. The van der Waals surface area contributed by atoms with E-state index in [0.29, 0.717) is 29.9 Å². The Kier molecular flexibility index (Phi) is 2.24. The second-order valence-corrected chi connectivity index (χ2v) is 5.73. The number of hydrogen-bond acceptors (Lipinski definition) is 4. The highest BCUT2D eigenvalue weighted by Crippen LogP contribution is 2.54. The predicted molar refractivity (Wildman–Crippen MR) is 69.6 cm³/mol. The van der Waals surface area contributed by atoms with Crippen LogP contribution in [0, 0.1) is 10.8 Å². The number of nitrogens with zero attached hydrogens (tertiary/aromatic N) is 1. The van der Waals surface area contributed by atoms with Crippen LogP contribution < -0.4 is 0 Å². The molecule has 1 heterocycles. The molecule has 0 radical (unpaired) electrons. The van der Waals surface area contributed by atoms with E-state index in [4.69, 9.17) is 4.52 Å². The van der Waals surface area contributed by atoms with E-state index in [-0.39, 0.29) is 11.6 Å². The summed E-state index contributed by atoms with van der Waals surface area (Å²) in [5.74, 6) is 0.248. The molecule has 4 heteroatoms. The van der Waals surface area contributed by atoms with Crippen molar-refractivity contribution in [1.82, 2.24) is 5.16 Å². The van der Waals surface area contributed by atoms with Gasteiger partial charge in [-0.3, -0.25) is 9.59 Å². The first-order chi connectivity index (χ1) is 8.94. The van der Waals surface area contributed by atoms with Crippen LogP contribution in [0.25, 0.3) is 6.08 Å². The van der Waals surface area contributed by atoms with E-state index in [0.717, 1.165) is 0 Å². The van der Waals surface area contributed by atoms with Gasteiger partial charge in [-0.25, -0.2) is 0 Å². The highest BCUT2D eigenvalue weighted by Gasteiger charge is 2.59. The van der Waals surface area contributed by atoms with Crippen LogP contribution in [0.2, 0.25) is 0 Å². The largest absolute Gasteiger partial charge is 0.360 e. The van der Waals surface area contributed by atoms with E-state index in [1.807, 2.05) is 13.0 Å². The van der Waals surface area contributed by atoms with Crippen molar-refractivity contribution >= 4 is 17.6 Å². The molecule has 0 N–H and O–H groups in total. The van der Waals surface area contributed by atoms with Crippen LogP contribution in [0.4, 0.5) is 0 Å². The van der Waals surface area contributed by atoms with E-state index in [2.05, 4.69) is 11.7 Å². The van der Waals surface area contributed by atoms with Crippen LogP contribution >= 0.6 is 0 Å². The van der Waals surface area contributed by atoms with Gasteiger partial charge >= 0.3 is 0 Å². The zero-order valence-electron chi connectivity index (χ0n) is 11.0. The molecule has 1 aromatic rings. The fraction of sp³-hybridized carbons (Fsp3) is 0.400. The van der Waals surface area contributed by atoms with Gasteiger partial charge in [0.15, 0.2) is 11.6 Å². The molecule has 98 valence electrons. The van der Waals surface area contributed by atoms with Gasteiger partial charge in [0, 0.05) is 6.42 Å². The minimum atomic E-state index is -1.03. The number of allylic oxidation sites excluding steroid dienone is 2. The van der Waals surface area contributed by atoms with Gasteiger partial charge in [0.1, 0.15) is 11.5 Å². The maximum absolute atomic E-state index is 12.8. The first kappa shape index (κ1) is 12.1. The van der Waals surface area contributed by atoms with Gasteiger partial charge in [0.25, 0.3) is 0 Å². The van der Waals surface area contributed by atoms with E-state index in [1.54, 1.807) is 6.92 Å². The summed E-state index contributed by atoms with van der Waals surface area (Å²) in [5.41, 5.74) is -0.608. The third kappa shape index (κ3) is 1.26. The molecule has 0 spiro atoms. The van der Waals surface area contributed by atoms with Gasteiger partial charge in [0.05, 0.1) is 11.0 Å². The lowest BCUT2D eigenvalue weighted by Gasteiger charge is -2.47. The predicted octanol–water partition coefficient (Wildman–Crippen LogP) is 2.60. The fourth-order valence-electron chi connectivity index (χ4n) is 3.17. The molecule has 0 fully saturated rings. The Bertz CT molecular complexity index is 640. The molecule has 2 aliphatic rings. The second kappa shape index (κ2) is 3.53. The summed E-state index contributed by atoms with van der Waals surface area (Å²) < 4.78 is 5.27. The van der Waals surface area contributed by atoms with E-state index in [1.165, 1.54) is 12.2 Å². The molecule has 4 nitrogen and oxygen atoms in total. The van der Waals surface area contributed by atoms with Gasteiger partial charge in [-0.15, -0.1) is 0 Å². The Balaban J connectivity index is 2.27. The summed E-state index contributed by atoms with van der Waals surface area (Å²) >= 11 is 0. The normalized spacial score (nSPS) is 32.9. The summed E-state index contributed by atoms with van der Waals surface area (Å²) in [5, 5.41) is 3.87. The molecule has 0 bridgehead atoms. The van der Waals surface area contributed by atoms with Crippen molar-refractivity contribution in [3.05, 3.63) is 35.7 Å². The molecule has 2 aliphatic carbocycles. The second-order valence-electron chi connectivity index (χ2n) is 5.73. The Morgan fingerprint density at radius 2 is 2.16 bits per heavy atom. The Hall–Kier alpha value is -1.97. The minimum Gasteiger partial charge on any atom is -0.360 e. The Morgan fingerprint density at radius 1 is 1.42 bits per heavy atom. The maximum atomic E-state index is 12.8. The number of carbonyl (C=O) groups is 2. The fourth-order valence-corrected chi connectivity index (χ4v) is 3.17. The van der Waals surface area contributed by atoms with Gasteiger partial charge in [-0.1, -0.05) is 24.7 Å². The lowest BCUT2D eigenvalue weighted by atomic mass is 9.52. The van der Waals surface area contributed by atoms with Crippen molar-refractivity contribution in [1.29, 1.82) is 0 Å². The van der Waals surface area contributed by atoms with Crippen molar-refractivity contribution < 1.29 is 14.1 Å². The van der Waals surface area contributed by atoms with Crippen LogP contribution in [0.5, 0.6) is 0 Å². The highest BCUT2D eigenvalue weighted by molar-refractivity contribution is 6.20. The summed E-state index contributed by atoms with van der Waals surface area (Å²) in [4.78, 5) is 25.1. The molecule has 2 unspecified atom stereocenters. The molecule has 0 aliphatic heterocycles. The molecule has 0 saturated carbocycles. The minimum absolute atomic E-state index is 0.131. The molecule has 1 aromatic heterocycles. The topological polar surface area (TPSA) is 60.2 Å². The van der Waals surface area contributed by atoms with Gasteiger partial charge in [-0.2, -0.15) is 0 Å². The van der Waals surface area contributed by atoms with E-state index < -0.39 is 10.8 Å². The number of ketones is 2. The van der Waals surface area contributed by atoms with Crippen molar-refractivity contribution in [2.75, 3.05) is 0 Å². The number of rotatable bonds is 1. The summed E-state index contributed by atoms with van der Waals surface area (Å²) in [6.07, 6.45) is 6.08. The van der Waals surface area contributed by atoms with Gasteiger partial charge in [-0.05, 0) is 30.9 Å². The molecule has 19 heavy (non-hydrogen) atoms. The third-order valence-corrected chi connectivity index (χ3v) is 4.75. The zero-order valence-corrected chi connectivity index (χ0v) is 11.0. The van der Waals surface area contributed by atoms with E-state index in [9.17, 15) is 9.59 Å². The van der Waals surface area contributed by atoms with Crippen molar-refractivity contribution in [2.24, 2.45) is 10.8 Å². The lowest BCUT2D eigenvalue weighted by Crippen LogP contribution is -2.54. The number of fused-ring (bicyclic) bond motifs is 2. The monoisotopic (exact) mass is 257 g/mol. The number of aromatic nitrogens is 1. The highest BCUT2D eigenvalue weighted by atomic mass is 16.5. The summed E-state index contributed by atoms with van der Waals surface area (Å²) in [7, 11) is 0. The summed E-state index contributed by atoms with van der Waals surface area (Å²) in [6.45, 7) is 7.34. The Labute approximate surface area is 111 Å². The van der Waals surface area contributed by atoms with Gasteiger partial charge < -0.3 is 4.52 Å². The molecular weight excluding hydrogens is 242 g/mol. The lowest BCUT2D eigenvalue weighted by molar-refractivity contribution is -0.127. The quantitative estimate of drug-likeness (QED) is 0.725. The molecule has 0 aromatic carbocycles. The van der Waals surface area contributed by atoms with E-state index >= 15 is 0 Å². The SMILES string of the molecule is C=Cc1noc2c1C(=O)C1(C)C(=O)C=CCC1(C)C2. The van der Waals surface area contributed by atoms with Crippen molar-refractivity contribution in [2.45, 2.75) is 26.7 Å². The number of hydrogen-bond donors (Lipinski definition) is 0. The molecule has 0 saturated heterocycles. The van der Waals surface area contributed by atoms with Gasteiger partial charge in [0.2, 0.25) is 0 Å². The summed E-state index contributed by atoms with van der Waals surface area (Å²) in [6, 6.07) is 0. The molecule has 0 amide bonds. The first-order valence-electron chi connectivity index (χ1n) is 6.31. The smallest absolute Gasteiger partial charge is 0.182 e. The number of carbonyl (C=O) groups excluding carboxylic acids is 2. The van der Waals surface area contributed by atoms with Crippen LogP contribution in [0.3, 0.4) is 0 Å². The molecule has 2 atom stereocenters. The van der Waals surface area contributed by atoms with Crippen LogP contribution in [0.1, 0.15) is 42.1 Å². The molecule has 3 rings (SSSR count). The molecular formula is C15H15NO3. The zero-order chi connectivity index (χ0) is 13.8. The maximum Gasteiger partial charge on any atom is 0.182 e. The van der Waals surface area contributed by atoms with Crippen molar-refractivity contribution in [3.8, 4) is 0 Å². The number of Topliss-reactive ketones (excluding diaryl/α,β-unsaturated/α-hetero) is 1. The first-order valence-corrected chi connectivity index (χ1v) is 6.31. The average Bonchev–Trinajstić information content (AvgIpc) is 2.77.